The highest BCUT2D eigenvalue weighted by Gasteiger charge is 2.14. The molecule has 0 saturated carbocycles. The topological polar surface area (TPSA) is 69.6 Å². The fourth-order valence-electron chi connectivity index (χ4n) is 2.86. The van der Waals surface area contributed by atoms with E-state index in [0.29, 0.717) is 22.7 Å². The van der Waals surface area contributed by atoms with E-state index in [0.717, 1.165) is 16.3 Å². The van der Waals surface area contributed by atoms with Crippen LogP contribution >= 0.6 is 0 Å². The highest BCUT2D eigenvalue weighted by molar-refractivity contribution is 5.92. The van der Waals surface area contributed by atoms with Crippen molar-refractivity contribution in [2.45, 2.75) is 0 Å². The van der Waals surface area contributed by atoms with Crippen LogP contribution in [-0.2, 0) is 4.74 Å². The summed E-state index contributed by atoms with van der Waals surface area (Å²) in [4.78, 5) is 16.3. The van der Waals surface area contributed by atoms with E-state index in [-0.39, 0.29) is 0 Å². The minimum absolute atomic E-state index is 0.397. The zero-order valence-electron chi connectivity index (χ0n) is 13.1. The van der Waals surface area contributed by atoms with Gasteiger partial charge in [0.05, 0.1) is 12.7 Å². The first-order chi connectivity index (χ1) is 11.7. The number of benzene rings is 2. The Morgan fingerprint density at radius 3 is 2.67 bits per heavy atom. The lowest BCUT2D eigenvalue weighted by Gasteiger charge is -2.02. The molecule has 2 N–H and O–H groups in total. The average molecular weight is 317 g/mol. The van der Waals surface area contributed by atoms with Crippen LogP contribution in [0.3, 0.4) is 0 Å². The number of aromatic nitrogens is 2. The van der Waals surface area contributed by atoms with Gasteiger partial charge in [0, 0.05) is 11.8 Å². The van der Waals surface area contributed by atoms with Crippen LogP contribution in [0.2, 0.25) is 0 Å². The fraction of sp³-hybridized carbons (Fsp3) is 0.0526. The van der Waals surface area contributed by atoms with Gasteiger partial charge in [-0.2, -0.15) is 0 Å². The molecule has 0 aliphatic heterocycles. The summed E-state index contributed by atoms with van der Waals surface area (Å²) in [6.45, 7) is 0. The largest absolute Gasteiger partial charge is 0.465 e. The number of carbonyl (C=O) groups is 1. The summed E-state index contributed by atoms with van der Waals surface area (Å²) in [5.74, 6) is 0.142. The minimum Gasteiger partial charge on any atom is -0.465 e. The Labute approximate surface area is 138 Å². The van der Waals surface area contributed by atoms with E-state index in [1.54, 1.807) is 22.7 Å². The molecular weight excluding hydrogens is 302 g/mol. The van der Waals surface area contributed by atoms with Crippen molar-refractivity contribution >= 4 is 28.2 Å². The minimum atomic E-state index is -0.397. The van der Waals surface area contributed by atoms with E-state index in [9.17, 15) is 4.79 Å². The highest BCUT2D eigenvalue weighted by atomic mass is 16.5. The number of nitrogens with zero attached hydrogens (tertiary/aromatic N) is 2. The van der Waals surface area contributed by atoms with Gasteiger partial charge in [0.1, 0.15) is 17.2 Å². The Balaban J connectivity index is 1.88. The van der Waals surface area contributed by atoms with Crippen molar-refractivity contribution in [3.05, 3.63) is 66.4 Å². The summed E-state index contributed by atoms with van der Waals surface area (Å²) in [7, 11) is 1.35. The lowest BCUT2D eigenvalue weighted by molar-refractivity contribution is 0.0600. The molecule has 0 unspecified atom stereocenters. The van der Waals surface area contributed by atoms with Crippen molar-refractivity contribution in [1.82, 2.24) is 9.38 Å². The van der Waals surface area contributed by atoms with Crippen LogP contribution in [0.5, 0.6) is 0 Å². The van der Waals surface area contributed by atoms with Gasteiger partial charge < -0.3 is 10.5 Å². The van der Waals surface area contributed by atoms with E-state index in [2.05, 4.69) is 23.2 Å². The molecule has 5 nitrogen and oxygen atoms in total. The molecule has 0 radical (unpaired) electrons. The zero-order valence-corrected chi connectivity index (χ0v) is 13.1. The predicted molar refractivity (Wildman–Crippen MR) is 93.9 cm³/mol. The lowest BCUT2D eigenvalue weighted by atomic mass is 10.1. The molecular formula is C19H15N3O2. The summed E-state index contributed by atoms with van der Waals surface area (Å²) >= 11 is 0. The molecule has 2 aromatic heterocycles. The van der Waals surface area contributed by atoms with Crippen LogP contribution in [0.15, 0.2) is 60.8 Å². The number of pyridine rings is 1. The van der Waals surface area contributed by atoms with E-state index in [1.165, 1.54) is 7.11 Å². The van der Waals surface area contributed by atoms with Crippen molar-refractivity contribution in [3.8, 4) is 11.3 Å². The van der Waals surface area contributed by atoms with Gasteiger partial charge in [-0.1, -0.05) is 36.4 Å². The molecule has 0 bridgehead atoms. The second-order valence-corrected chi connectivity index (χ2v) is 5.54. The molecule has 0 spiro atoms. The van der Waals surface area contributed by atoms with Crippen molar-refractivity contribution in [2.75, 3.05) is 12.8 Å². The van der Waals surface area contributed by atoms with Crippen molar-refractivity contribution < 1.29 is 9.53 Å². The molecule has 0 saturated heterocycles. The second kappa shape index (κ2) is 5.38. The Morgan fingerprint density at radius 1 is 1.08 bits per heavy atom. The molecule has 0 atom stereocenters. The van der Waals surface area contributed by atoms with E-state index in [4.69, 9.17) is 10.5 Å². The molecule has 24 heavy (non-hydrogen) atoms. The average Bonchev–Trinajstić information content (AvgIpc) is 2.96. The number of anilines is 1. The number of methoxy groups -OCH3 is 1. The van der Waals surface area contributed by atoms with Gasteiger partial charge in [-0.05, 0) is 29.0 Å². The maximum absolute atomic E-state index is 11.7. The summed E-state index contributed by atoms with van der Waals surface area (Å²) in [6, 6.07) is 17.6. The Hall–Kier alpha value is -3.34. The van der Waals surface area contributed by atoms with Crippen LogP contribution < -0.4 is 5.73 Å². The van der Waals surface area contributed by atoms with Crippen LogP contribution in [0, 0.1) is 0 Å². The van der Waals surface area contributed by atoms with Crippen molar-refractivity contribution in [2.24, 2.45) is 0 Å². The van der Waals surface area contributed by atoms with Crippen LogP contribution in [0.4, 0.5) is 5.82 Å². The molecule has 5 heteroatoms. The first kappa shape index (κ1) is 14.3. The van der Waals surface area contributed by atoms with Gasteiger partial charge in [0.25, 0.3) is 0 Å². The molecule has 4 aromatic rings. The van der Waals surface area contributed by atoms with Crippen molar-refractivity contribution in [1.29, 1.82) is 0 Å². The number of hydrogen-bond acceptors (Lipinski definition) is 4. The molecule has 118 valence electrons. The standard InChI is InChI=1S/C19H15N3O2/c1-24-19(23)15-8-9-22-16(11-15)21-17(18(22)20)14-7-6-12-4-2-3-5-13(12)10-14/h2-11H,20H2,1H3. The number of esters is 1. The maximum Gasteiger partial charge on any atom is 0.338 e. The number of nitrogen functional groups attached to an aromatic ring is 1. The number of ether oxygens (including phenoxy) is 1. The molecule has 2 heterocycles. The van der Waals surface area contributed by atoms with Gasteiger partial charge >= 0.3 is 5.97 Å². The molecule has 0 aliphatic carbocycles. The second-order valence-electron chi connectivity index (χ2n) is 5.54. The summed E-state index contributed by atoms with van der Waals surface area (Å²) in [6.07, 6.45) is 1.73. The molecule has 0 fully saturated rings. The van der Waals surface area contributed by atoms with E-state index >= 15 is 0 Å². The van der Waals surface area contributed by atoms with E-state index in [1.807, 2.05) is 24.3 Å². The number of nitrogens with two attached hydrogens (primary N) is 1. The third kappa shape index (κ3) is 2.18. The summed E-state index contributed by atoms with van der Waals surface area (Å²) < 4.78 is 6.51. The maximum atomic E-state index is 11.7. The molecule has 0 aliphatic rings. The number of fused-ring (bicyclic) bond motifs is 2. The normalized spacial score (nSPS) is 11.0. The number of hydrogen-bond donors (Lipinski definition) is 1. The Bertz CT molecular complexity index is 1080. The molecule has 2 aromatic carbocycles. The smallest absolute Gasteiger partial charge is 0.338 e. The van der Waals surface area contributed by atoms with Crippen LogP contribution in [0.25, 0.3) is 27.7 Å². The number of imidazole rings is 1. The first-order valence-electron chi connectivity index (χ1n) is 7.52. The molecule has 4 rings (SSSR count). The lowest BCUT2D eigenvalue weighted by Crippen LogP contribution is -2.02. The fourth-order valence-corrected chi connectivity index (χ4v) is 2.86. The van der Waals surface area contributed by atoms with Gasteiger partial charge in [-0.25, -0.2) is 9.78 Å². The number of rotatable bonds is 2. The SMILES string of the molecule is COC(=O)c1ccn2c(N)c(-c3ccc4ccccc4c3)nc2c1. The third-order valence-corrected chi connectivity index (χ3v) is 4.11. The first-order valence-corrected chi connectivity index (χ1v) is 7.52. The van der Waals surface area contributed by atoms with Gasteiger partial charge in [-0.3, -0.25) is 4.40 Å². The number of carbonyl (C=O) groups excluding carboxylic acids is 1. The summed E-state index contributed by atoms with van der Waals surface area (Å²) in [5.41, 5.74) is 8.95. The zero-order chi connectivity index (χ0) is 16.7. The predicted octanol–water partition coefficient (Wildman–Crippen LogP) is 3.52. The van der Waals surface area contributed by atoms with E-state index < -0.39 is 5.97 Å². The van der Waals surface area contributed by atoms with Gasteiger partial charge in [-0.15, -0.1) is 0 Å². The quantitative estimate of drug-likeness (QED) is 0.574. The highest BCUT2D eigenvalue weighted by Crippen LogP contribution is 2.29. The third-order valence-electron chi connectivity index (χ3n) is 4.11. The van der Waals surface area contributed by atoms with Crippen LogP contribution in [0.1, 0.15) is 10.4 Å². The summed E-state index contributed by atoms with van der Waals surface area (Å²) in [5, 5.41) is 2.29. The van der Waals surface area contributed by atoms with Gasteiger partial charge in [0.2, 0.25) is 0 Å². The molecule has 0 amide bonds. The van der Waals surface area contributed by atoms with Crippen molar-refractivity contribution in [3.63, 3.8) is 0 Å². The Kier molecular flexibility index (Phi) is 3.20. The Morgan fingerprint density at radius 2 is 1.88 bits per heavy atom. The monoisotopic (exact) mass is 317 g/mol. The van der Waals surface area contributed by atoms with Crippen LogP contribution in [-0.4, -0.2) is 22.5 Å². The van der Waals surface area contributed by atoms with Gasteiger partial charge in [0.15, 0.2) is 0 Å².